The molecule has 1 unspecified atom stereocenters. The average molecular weight is 81.1 g/mol. The van der Waals surface area contributed by atoms with Crippen LogP contribution in [-0.4, -0.2) is 17.6 Å². The Hall–Kier alpha value is -0.570. The summed E-state index contributed by atoms with van der Waals surface area (Å²) in [6.07, 6.45) is 0. The third-order valence-corrected chi connectivity index (χ3v) is 0.110. The Labute approximate surface area is 33.7 Å². The molecule has 0 fully saturated rings. The van der Waals surface area contributed by atoms with Crippen molar-refractivity contribution in [3.8, 4) is 0 Å². The van der Waals surface area contributed by atoms with E-state index in [2.05, 4.69) is 0 Å². The van der Waals surface area contributed by atoms with Gasteiger partial charge in [0.25, 0.3) is 0 Å². The Morgan fingerprint density at radius 3 is 3.20 bits per heavy atom. The molecule has 0 heterocycles. The van der Waals surface area contributed by atoms with Crippen LogP contribution < -0.4 is 5.72 Å². The Balaban J connectivity index is 3.64. The van der Waals surface area contributed by atoms with Crippen molar-refractivity contribution in [2.24, 2.45) is 5.72 Å². The smallest absolute Gasteiger partial charge is 0.317 e. The lowest BCUT2D eigenvalue weighted by Gasteiger charge is -1.73. The standard InChI is InChI=1S/C2H5NO2/c3-1-2(4)5/h1,3H2,(H,4,5)/i1T/hT2. The van der Waals surface area contributed by atoms with E-state index in [1.165, 1.54) is 0 Å². The first kappa shape index (κ1) is 1.26. The molecule has 30 valence electrons. The van der Waals surface area contributed by atoms with Gasteiger partial charge in [0.15, 0.2) is 0 Å². The molecule has 0 aromatic heterocycles. The zero-order chi connectivity index (χ0) is 6.73. The summed E-state index contributed by atoms with van der Waals surface area (Å²) < 4.78 is 18.9. The van der Waals surface area contributed by atoms with Crippen LogP contribution in [0.25, 0.3) is 0 Å². The van der Waals surface area contributed by atoms with Gasteiger partial charge in [-0.1, -0.05) is 0 Å². The van der Waals surface area contributed by atoms with Gasteiger partial charge in [0.2, 0.25) is 0 Å². The number of carboxylic acid groups (broad SMARTS) is 1. The van der Waals surface area contributed by atoms with Crippen molar-refractivity contribution >= 4 is 5.97 Å². The first-order valence-corrected chi connectivity index (χ1v) is 0.975. The molecule has 3 heteroatoms. The number of carboxylic acids is 1. The molecule has 0 rings (SSSR count). The number of aliphatic carboxylic acids is 1. The number of carbonyl (C=O) groups is 1. The fourth-order valence-corrected chi connectivity index (χ4v) is 0. The number of rotatable bonds is 2. The molecule has 0 bridgehead atoms. The largest absolute Gasteiger partial charge is 0.480 e. The van der Waals surface area contributed by atoms with Crippen molar-refractivity contribution in [1.82, 2.24) is 0 Å². The van der Waals surface area contributed by atoms with Gasteiger partial charge in [-0.2, -0.15) is 0 Å². The van der Waals surface area contributed by atoms with Crippen molar-refractivity contribution in [2.45, 2.75) is 0 Å². The lowest BCUT2D eigenvalue weighted by molar-refractivity contribution is -0.135. The fourth-order valence-electron chi connectivity index (χ4n) is 0. The Morgan fingerprint density at radius 1 is 2.60 bits per heavy atom. The molecule has 5 heavy (non-hydrogen) atoms. The quantitative estimate of drug-likeness (QED) is 0.449. The van der Waals surface area contributed by atoms with Gasteiger partial charge in [-0.05, 0) is 0 Å². The molecule has 0 aromatic carbocycles. The van der Waals surface area contributed by atoms with Gasteiger partial charge in [0, 0.05) is 0 Å². The van der Waals surface area contributed by atoms with E-state index in [-0.39, 0.29) is 5.72 Å². The highest BCUT2D eigenvalue weighted by atomic mass is 16.4. The van der Waals surface area contributed by atoms with Gasteiger partial charge in [-0.3, -0.25) is 4.79 Å². The van der Waals surface area contributed by atoms with E-state index in [9.17, 15) is 4.79 Å². The molecule has 3 N–H and O–H groups in total. The first-order chi connectivity index (χ1) is 3.55. The molecule has 0 amide bonds. The molecule has 3 nitrogen and oxygen atoms in total. The summed E-state index contributed by atoms with van der Waals surface area (Å²) in [5.74, 6) is -1.49. The van der Waals surface area contributed by atoms with Crippen LogP contribution in [-0.2, 0) is 4.79 Å². The molecule has 0 spiro atoms. The highest BCUT2D eigenvalue weighted by Gasteiger charge is 1.81. The minimum atomic E-state index is -1.80. The maximum absolute atomic E-state index is 9.67. The summed E-state index contributed by atoms with van der Waals surface area (Å²) in [6, 6.07) is 0. The maximum atomic E-state index is 9.67. The van der Waals surface area contributed by atoms with Gasteiger partial charge in [-0.25, -0.2) is 0 Å². The van der Waals surface area contributed by atoms with Crippen LogP contribution in [0.15, 0.2) is 0 Å². The average Bonchev–Trinajstić information content (AvgIpc) is 1.64. The van der Waals surface area contributed by atoms with Crippen molar-refractivity contribution in [2.75, 3.05) is 6.52 Å². The molecule has 0 aromatic rings. The first-order valence-electron chi connectivity index (χ1n) is 2.45. The highest BCUT2D eigenvalue weighted by Crippen LogP contribution is 1.43. The predicted octanol–water partition coefficient (Wildman–Crippen LogP) is -0.970. The summed E-state index contributed by atoms with van der Waals surface area (Å²) in [7, 11) is 0. The second kappa shape index (κ2) is 1.72. The monoisotopic (exact) mass is 81.1 g/mol. The molecule has 0 saturated heterocycles. The van der Waals surface area contributed by atoms with Crippen LogP contribution in [0.2, 0.25) is 2.82 Å². The van der Waals surface area contributed by atoms with E-state index in [1.54, 1.807) is 0 Å². The topological polar surface area (TPSA) is 63.3 Å². The van der Waals surface area contributed by atoms with Gasteiger partial charge >= 0.3 is 5.97 Å². The molecular formula is C2H5NO2. The Bertz CT molecular complexity index is 95.3. The summed E-state index contributed by atoms with van der Waals surface area (Å²) in [5.41, 5.74) is -0.192. The SMILES string of the molecule is [3H]C(C(=O)O)N([3H])[3H]. The Morgan fingerprint density at radius 2 is 3.20 bits per heavy atom. The number of nitrogens with two attached hydrogens (primary N) is 1. The van der Waals surface area contributed by atoms with E-state index in [0.29, 0.717) is 0 Å². The highest BCUT2D eigenvalue weighted by molar-refractivity contribution is 5.68. The summed E-state index contributed by atoms with van der Waals surface area (Å²) in [5, 5.41) is 7.88. The zero-order valence-corrected chi connectivity index (χ0v) is 2.38. The summed E-state index contributed by atoms with van der Waals surface area (Å²) >= 11 is 0. The molecular weight excluding hydrogens is 70.0 g/mol. The van der Waals surface area contributed by atoms with E-state index in [0.717, 1.165) is 0 Å². The molecule has 0 radical (unpaired) electrons. The van der Waals surface area contributed by atoms with Crippen LogP contribution in [0.1, 0.15) is 1.37 Å². The second-order valence-corrected chi connectivity index (χ2v) is 0.467. The molecule has 0 aliphatic carbocycles. The molecule has 0 saturated carbocycles. The maximum Gasteiger partial charge on any atom is 0.317 e. The van der Waals surface area contributed by atoms with Gasteiger partial charge in [0.05, 0.1) is 7.89 Å². The van der Waals surface area contributed by atoms with E-state index >= 15 is 0 Å². The lowest BCUT2D eigenvalue weighted by Crippen LogP contribution is -2.10. The van der Waals surface area contributed by atoms with Crippen LogP contribution in [0.4, 0.5) is 0 Å². The fraction of sp³-hybridized carbons (Fsp3) is 0.500. The van der Waals surface area contributed by atoms with Crippen LogP contribution in [0.5, 0.6) is 0 Å². The third kappa shape index (κ3) is 3.43. The Kier molecular flexibility index (Phi) is 0.434. The van der Waals surface area contributed by atoms with Crippen molar-refractivity contribution in [1.29, 1.82) is 0 Å². The van der Waals surface area contributed by atoms with E-state index in [4.69, 9.17) is 9.30 Å². The third-order valence-electron chi connectivity index (χ3n) is 0.110. The normalized spacial score (nSPS) is 23.0. The minimum absolute atomic E-state index is 0.192. The molecule has 0 aliphatic rings. The number of hydrogen-bond acceptors (Lipinski definition) is 2. The van der Waals surface area contributed by atoms with Crippen LogP contribution in [0, 0.1) is 0 Å². The summed E-state index contributed by atoms with van der Waals surface area (Å²) in [4.78, 5) is 9.67. The molecule has 1 atom stereocenters. The van der Waals surface area contributed by atoms with Crippen molar-refractivity contribution in [3.63, 3.8) is 0 Å². The van der Waals surface area contributed by atoms with E-state index in [1.807, 2.05) is 0 Å². The molecule has 0 aliphatic heterocycles. The predicted molar refractivity (Wildman–Crippen MR) is 16.7 cm³/mol. The van der Waals surface area contributed by atoms with Crippen LogP contribution >= 0.6 is 0 Å². The number of hydrogen-bond donors (Lipinski definition) is 2. The minimum Gasteiger partial charge on any atom is -0.480 e. The van der Waals surface area contributed by atoms with Gasteiger partial charge in [0.1, 0.15) is 2.82 Å². The van der Waals surface area contributed by atoms with Gasteiger partial charge < -0.3 is 10.8 Å². The van der Waals surface area contributed by atoms with Crippen molar-refractivity contribution in [3.05, 3.63) is 0 Å². The lowest BCUT2D eigenvalue weighted by atomic mass is 10.7. The van der Waals surface area contributed by atoms with Crippen LogP contribution in [0.3, 0.4) is 0 Å². The van der Waals surface area contributed by atoms with Gasteiger partial charge in [-0.15, -0.1) is 0 Å². The summed E-state index contributed by atoms with van der Waals surface area (Å²) in [6.45, 7) is -1.80. The second-order valence-electron chi connectivity index (χ2n) is 0.467. The van der Waals surface area contributed by atoms with Crippen molar-refractivity contribution < 1.29 is 14.1 Å². The van der Waals surface area contributed by atoms with E-state index < -0.39 is 12.5 Å². The zero-order valence-electron chi connectivity index (χ0n) is 5.38.